The number of imidazole rings is 1. The summed E-state index contributed by atoms with van der Waals surface area (Å²) < 4.78 is 1.90. The fourth-order valence-electron chi connectivity index (χ4n) is 2.16. The van der Waals surface area contributed by atoms with Gasteiger partial charge in [0.1, 0.15) is 5.52 Å². The molecule has 0 saturated heterocycles. The summed E-state index contributed by atoms with van der Waals surface area (Å²) in [5, 5.41) is 9.71. The summed E-state index contributed by atoms with van der Waals surface area (Å²) in [6, 6.07) is 0.115. The van der Waals surface area contributed by atoms with Gasteiger partial charge in [-0.3, -0.25) is 0 Å². The molecule has 0 saturated carbocycles. The van der Waals surface area contributed by atoms with Gasteiger partial charge >= 0.3 is 0 Å². The smallest absolute Gasteiger partial charge is 0.223 e. The minimum Gasteiger partial charge on any atom is -0.389 e. The van der Waals surface area contributed by atoms with Gasteiger partial charge in [-0.05, 0) is 12.8 Å². The summed E-state index contributed by atoms with van der Waals surface area (Å²) in [6.45, 7) is 0. The normalized spacial score (nSPS) is 23.7. The first kappa shape index (κ1) is 11.4. The molecule has 2 unspecified atom stereocenters. The molecule has 94 valence electrons. The number of nitrogens with zero attached hydrogens (tertiary/aromatic N) is 4. The lowest BCUT2D eigenvalue weighted by Gasteiger charge is -2.21. The van der Waals surface area contributed by atoms with Crippen LogP contribution >= 0.6 is 11.6 Å². The van der Waals surface area contributed by atoms with E-state index < -0.39 is 0 Å². The largest absolute Gasteiger partial charge is 0.389 e. The molecule has 7 heteroatoms. The minimum atomic E-state index is -0.362. The maximum absolute atomic E-state index is 9.45. The Kier molecular flexibility index (Phi) is 2.68. The Bertz CT molecular complexity index is 623. The van der Waals surface area contributed by atoms with E-state index in [1.165, 1.54) is 0 Å². The number of rotatable bonds is 1. The van der Waals surface area contributed by atoms with E-state index in [0.29, 0.717) is 11.2 Å². The third-order valence-corrected chi connectivity index (χ3v) is 3.33. The van der Waals surface area contributed by atoms with Crippen molar-refractivity contribution in [1.29, 1.82) is 0 Å². The SMILES string of the molecule is Nc1nc(Cl)c2ncn(C3C=CC(O)CC3)c2n1. The number of aliphatic hydroxyl groups is 1. The van der Waals surface area contributed by atoms with Crippen LogP contribution in [0.15, 0.2) is 18.5 Å². The summed E-state index contributed by atoms with van der Waals surface area (Å²) >= 11 is 5.97. The molecule has 3 rings (SSSR count). The van der Waals surface area contributed by atoms with Gasteiger partial charge in [0.2, 0.25) is 5.95 Å². The lowest BCUT2D eigenvalue weighted by atomic mass is 10.0. The monoisotopic (exact) mass is 265 g/mol. The van der Waals surface area contributed by atoms with Gasteiger partial charge in [0.05, 0.1) is 18.5 Å². The number of anilines is 1. The first-order chi connectivity index (χ1) is 8.65. The van der Waals surface area contributed by atoms with E-state index in [1.807, 2.05) is 10.6 Å². The third-order valence-electron chi connectivity index (χ3n) is 3.07. The highest BCUT2D eigenvalue weighted by Gasteiger charge is 2.19. The lowest BCUT2D eigenvalue weighted by Crippen LogP contribution is -2.15. The van der Waals surface area contributed by atoms with E-state index in [9.17, 15) is 5.11 Å². The standard InChI is InChI=1S/C11H12ClN5O/c12-9-8-10(16-11(13)15-9)17(5-14-8)6-1-3-7(18)4-2-6/h1,3,5-7,18H,2,4H2,(H2,13,15,16). The number of halogens is 1. The third kappa shape index (κ3) is 1.83. The van der Waals surface area contributed by atoms with E-state index in [1.54, 1.807) is 12.4 Å². The van der Waals surface area contributed by atoms with Gasteiger partial charge in [-0.15, -0.1) is 0 Å². The molecule has 3 N–H and O–H groups in total. The molecule has 18 heavy (non-hydrogen) atoms. The van der Waals surface area contributed by atoms with Crippen molar-refractivity contribution in [3.05, 3.63) is 23.6 Å². The van der Waals surface area contributed by atoms with Crippen molar-refractivity contribution in [3.63, 3.8) is 0 Å². The van der Waals surface area contributed by atoms with Crippen LogP contribution in [0.5, 0.6) is 0 Å². The average molecular weight is 266 g/mol. The van der Waals surface area contributed by atoms with Crippen molar-refractivity contribution >= 4 is 28.7 Å². The maximum atomic E-state index is 9.45. The van der Waals surface area contributed by atoms with E-state index >= 15 is 0 Å². The zero-order chi connectivity index (χ0) is 12.7. The van der Waals surface area contributed by atoms with Crippen LogP contribution in [0.2, 0.25) is 5.15 Å². The van der Waals surface area contributed by atoms with Gasteiger partial charge in [0, 0.05) is 0 Å². The van der Waals surface area contributed by atoms with E-state index in [-0.39, 0.29) is 23.2 Å². The van der Waals surface area contributed by atoms with Crippen LogP contribution in [-0.4, -0.2) is 30.7 Å². The van der Waals surface area contributed by atoms with Crippen LogP contribution in [-0.2, 0) is 0 Å². The van der Waals surface area contributed by atoms with Crippen LogP contribution in [0.4, 0.5) is 5.95 Å². The Labute approximate surface area is 108 Å². The maximum Gasteiger partial charge on any atom is 0.223 e. The number of aliphatic hydroxyl groups excluding tert-OH is 1. The number of fused-ring (bicyclic) bond motifs is 1. The Morgan fingerprint density at radius 3 is 2.89 bits per heavy atom. The molecule has 2 aromatic rings. The number of hydrogen-bond donors (Lipinski definition) is 2. The number of hydrogen-bond acceptors (Lipinski definition) is 5. The molecule has 0 spiro atoms. The number of aromatic nitrogens is 4. The fourth-order valence-corrected chi connectivity index (χ4v) is 2.38. The molecule has 0 aliphatic heterocycles. The predicted molar refractivity (Wildman–Crippen MR) is 68.2 cm³/mol. The highest BCUT2D eigenvalue weighted by molar-refractivity contribution is 6.33. The van der Waals surface area contributed by atoms with Crippen LogP contribution in [0.1, 0.15) is 18.9 Å². The van der Waals surface area contributed by atoms with Crippen LogP contribution in [0, 0.1) is 0 Å². The highest BCUT2D eigenvalue weighted by Crippen LogP contribution is 2.27. The molecule has 0 bridgehead atoms. The Morgan fingerprint density at radius 2 is 2.17 bits per heavy atom. The molecule has 0 amide bonds. The molecule has 2 atom stereocenters. The van der Waals surface area contributed by atoms with E-state index in [2.05, 4.69) is 15.0 Å². The molecule has 6 nitrogen and oxygen atoms in total. The molecule has 2 heterocycles. The Balaban J connectivity index is 2.10. The van der Waals surface area contributed by atoms with Crippen LogP contribution < -0.4 is 5.73 Å². The second kappa shape index (κ2) is 4.22. The summed E-state index contributed by atoms with van der Waals surface area (Å²) in [7, 11) is 0. The zero-order valence-corrected chi connectivity index (χ0v) is 10.2. The van der Waals surface area contributed by atoms with Gasteiger partial charge in [-0.1, -0.05) is 23.8 Å². The van der Waals surface area contributed by atoms with Crippen molar-refractivity contribution in [3.8, 4) is 0 Å². The van der Waals surface area contributed by atoms with Crippen molar-refractivity contribution in [2.45, 2.75) is 25.0 Å². The predicted octanol–water partition coefficient (Wildman–Crippen LogP) is 1.31. The van der Waals surface area contributed by atoms with Crippen molar-refractivity contribution < 1.29 is 5.11 Å². The molecule has 0 aromatic carbocycles. The van der Waals surface area contributed by atoms with E-state index in [4.69, 9.17) is 17.3 Å². The first-order valence-corrected chi connectivity index (χ1v) is 6.05. The van der Waals surface area contributed by atoms with Crippen molar-refractivity contribution in [2.75, 3.05) is 5.73 Å². The summed E-state index contributed by atoms with van der Waals surface area (Å²) in [5.74, 6) is 0.133. The van der Waals surface area contributed by atoms with Crippen LogP contribution in [0.25, 0.3) is 11.2 Å². The van der Waals surface area contributed by atoms with Gasteiger partial charge in [-0.2, -0.15) is 9.97 Å². The number of nitrogens with two attached hydrogens (primary N) is 1. The zero-order valence-electron chi connectivity index (χ0n) is 9.49. The summed E-state index contributed by atoms with van der Waals surface area (Å²) in [4.78, 5) is 12.3. The summed E-state index contributed by atoms with van der Waals surface area (Å²) in [5.41, 5.74) is 6.77. The molecular weight excluding hydrogens is 254 g/mol. The Hall–Kier alpha value is -1.66. The Morgan fingerprint density at radius 1 is 1.33 bits per heavy atom. The molecule has 1 aliphatic carbocycles. The second-order valence-electron chi connectivity index (χ2n) is 4.29. The van der Waals surface area contributed by atoms with Gasteiger partial charge < -0.3 is 15.4 Å². The molecule has 1 aliphatic rings. The number of allylic oxidation sites excluding steroid dienone is 1. The summed E-state index contributed by atoms with van der Waals surface area (Å²) in [6.07, 6.45) is 6.59. The highest BCUT2D eigenvalue weighted by atomic mass is 35.5. The average Bonchev–Trinajstić information content (AvgIpc) is 2.74. The second-order valence-corrected chi connectivity index (χ2v) is 4.65. The van der Waals surface area contributed by atoms with E-state index in [0.717, 1.165) is 12.8 Å². The molecule has 0 fully saturated rings. The van der Waals surface area contributed by atoms with Crippen molar-refractivity contribution in [1.82, 2.24) is 19.5 Å². The minimum absolute atomic E-state index is 0.115. The first-order valence-electron chi connectivity index (χ1n) is 5.67. The molecule has 0 radical (unpaired) electrons. The van der Waals surface area contributed by atoms with Gasteiger partial charge in [0.25, 0.3) is 0 Å². The molecule has 2 aromatic heterocycles. The lowest BCUT2D eigenvalue weighted by molar-refractivity contribution is 0.195. The van der Waals surface area contributed by atoms with Gasteiger partial charge in [0.15, 0.2) is 10.8 Å². The van der Waals surface area contributed by atoms with Gasteiger partial charge in [-0.25, -0.2) is 4.98 Å². The fraction of sp³-hybridized carbons (Fsp3) is 0.364. The quantitative estimate of drug-likeness (QED) is 0.599. The van der Waals surface area contributed by atoms with Crippen LogP contribution in [0.3, 0.4) is 0 Å². The van der Waals surface area contributed by atoms with Crippen molar-refractivity contribution in [2.24, 2.45) is 0 Å². The molecular formula is C11H12ClN5O. The number of nitrogen functional groups attached to an aromatic ring is 1. The topological polar surface area (TPSA) is 89.8 Å².